The Labute approximate surface area is 136 Å². The van der Waals surface area contributed by atoms with Gasteiger partial charge in [-0.2, -0.15) is 18.2 Å². The molecule has 0 atom stereocenters. The van der Waals surface area contributed by atoms with Crippen molar-refractivity contribution in [3.63, 3.8) is 0 Å². The molecule has 8 heteroatoms. The molecule has 0 amide bonds. The summed E-state index contributed by atoms with van der Waals surface area (Å²) in [6, 6.07) is 3.80. The lowest BCUT2D eigenvalue weighted by atomic mass is 9.97. The third-order valence-electron chi connectivity index (χ3n) is 3.31. The largest absolute Gasteiger partial charge is 0.481 e. The fourth-order valence-corrected chi connectivity index (χ4v) is 2.18. The number of methoxy groups -OCH3 is 1. The normalized spacial score (nSPS) is 11.3. The summed E-state index contributed by atoms with van der Waals surface area (Å²) < 4.78 is 44.5. The molecule has 0 aromatic carbocycles. The molecule has 0 aliphatic carbocycles. The van der Waals surface area contributed by atoms with Gasteiger partial charge in [0, 0.05) is 17.8 Å². The number of alkyl halides is 3. The standard InChI is InChI=1S/C16H14F3N3O2/c1-9(2)11-7-12(16(17,18)19)22-14(15(11)21-8-23)10-4-5-20-13(6-10)24-3/h4-7,9H,1-3H3. The van der Waals surface area contributed by atoms with Crippen LogP contribution in [0.15, 0.2) is 29.4 Å². The molecule has 0 bridgehead atoms. The molecule has 2 aromatic heterocycles. The highest BCUT2D eigenvalue weighted by Gasteiger charge is 2.34. The van der Waals surface area contributed by atoms with Crippen LogP contribution in [0, 0.1) is 0 Å². The highest BCUT2D eigenvalue weighted by molar-refractivity contribution is 5.77. The third-order valence-corrected chi connectivity index (χ3v) is 3.31. The smallest absolute Gasteiger partial charge is 0.433 e. The van der Waals surface area contributed by atoms with Crippen molar-refractivity contribution in [1.82, 2.24) is 9.97 Å². The van der Waals surface area contributed by atoms with Crippen LogP contribution in [0.3, 0.4) is 0 Å². The van der Waals surface area contributed by atoms with E-state index in [4.69, 9.17) is 4.74 Å². The van der Waals surface area contributed by atoms with E-state index in [1.807, 2.05) is 0 Å². The fourth-order valence-electron chi connectivity index (χ4n) is 2.18. The summed E-state index contributed by atoms with van der Waals surface area (Å²) in [5.74, 6) is -0.0949. The third kappa shape index (κ3) is 3.60. The van der Waals surface area contributed by atoms with Crippen molar-refractivity contribution in [3.05, 3.63) is 35.7 Å². The van der Waals surface area contributed by atoms with Crippen LogP contribution in [-0.4, -0.2) is 23.2 Å². The average molecular weight is 337 g/mol. The molecule has 0 N–H and O–H groups in total. The highest BCUT2D eigenvalue weighted by atomic mass is 19.4. The molecular weight excluding hydrogens is 323 g/mol. The Morgan fingerprint density at radius 2 is 2.00 bits per heavy atom. The molecule has 0 unspecified atom stereocenters. The molecule has 0 fully saturated rings. The number of nitrogens with zero attached hydrogens (tertiary/aromatic N) is 3. The maximum absolute atomic E-state index is 13.2. The van der Waals surface area contributed by atoms with Gasteiger partial charge in [-0.3, -0.25) is 0 Å². The van der Waals surface area contributed by atoms with Crippen LogP contribution in [0.25, 0.3) is 11.3 Å². The first kappa shape index (κ1) is 17.6. The summed E-state index contributed by atoms with van der Waals surface area (Å²) in [6.45, 7) is 3.41. The Kier molecular flexibility index (Phi) is 4.99. The Balaban J connectivity index is 2.84. The van der Waals surface area contributed by atoms with Gasteiger partial charge in [0.1, 0.15) is 11.4 Å². The fraction of sp³-hybridized carbons (Fsp3) is 0.312. The Morgan fingerprint density at radius 3 is 2.54 bits per heavy atom. The van der Waals surface area contributed by atoms with Gasteiger partial charge in [0.25, 0.3) is 0 Å². The Hall–Kier alpha value is -2.73. The molecular formula is C16H14F3N3O2. The highest BCUT2D eigenvalue weighted by Crippen LogP contribution is 2.40. The van der Waals surface area contributed by atoms with Gasteiger partial charge >= 0.3 is 6.18 Å². The lowest BCUT2D eigenvalue weighted by Gasteiger charge is -2.16. The maximum Gasteiger partial charge on any atom is 0.433 e. The molecule has 0 aliphatic heterocycles. The Bertz CT molecular complexity index is 798. The van der Waals surface area contributed by atoms with E-state index in [1.165, 1.54) is 31.5 Å². The molecule has 5 nitrogen and oxygen atoms in total. The number of isocyanates is 1. The van der Waals surface area contributed by atoms with E-state index in [0.717, 1.165) is 6.07 Å². The van der Waals surface area contributed by atoms with Crippen LogP contribution < -0.4 is 4.74 Å². The number of ether oxygens (including phenoxy) is 1. The van der Waals surface area contributed by atoms with E-state index in [-0.39, 0.29) is 28.7 Å². The van der Waals surface area contributed by atoms with Crippen LogP contribution in [0.1, 0.15) is 31.0 Å². The van der Waals surface area contributed by atoms with Gasteiger partial charge in [-0.15, -0.1) is 0 Å². The van der Waals surface area contributed by atoms with Crippen molar-refractivity contribution in [1.29, 1.82) is 0 Å². The van der Waals surface area contributed by atoms with Crippen LogP contribution >= 0.6 is 0 Å². The molecule has 0 aliphatic rings. The minimum absolute atomic E-state index is 0.0567. The summed E-state index contributed by atoms with van der Waals surface area (Å²) in [7, 11) is 1.38. The molecule has 2 heterocycles. The number of carbonyl (C=O) groups excluding carboxylic acids is 1. The lowest BCUT2D eigenvalue weighted by Crippen LogP contribution is -2.10. The predicted molar refractivity (Wildman–Crippen MR) is 80.9 cm³/mol. The van der Waals surface area contributed by atoms with Crippen LogP contribution in [0.5, 0.6) is 5.88 Å². The van der Waals surface area contributed by atoms with Gasteiger partial charge in [0.05, 0.1) is 12.8 Å². The quantitative estimate of drug-likeness (QED) is 0.617. The molecule has 24 heavy (non-hydrogen) atoms. The number of aliphatic imine (C=N–C) groups is 1. The second-order valence-electron chi connectivity index (χ2n) is 5.24. The summed E-state index contributed by atoms with van der Waals surface area (Å²) in [5, 5.41) is 0. The van der Waals surface area contributed by atoms with Crippen molar-refractivity contribution in [2.45, 2.75) is 25.9 Å². The number of hydrogen-bond donors (Lipinski definition) is 0. The summed E-state index contributed by atoms with van der Waals surface area (Å²) >= 11 is 0. The van der Waals surface area contributed by atoms with E-state index in [0.29, 0.717) is 5.56 Å². The monoisotopic (exact) mass is 337 g/mol. The zero-order valence-corrected chi connectivity index (χ0v) is 13.2. The van der Waals surface area contributed by atoms with E-state index in [9.17, 15) is 18.0 Å². The molecule has 126 valence electrons. The summed E-state index contributed by atoms with van der Waals surface area (Å²) in [4.78, 5) is 21.9. The second kappa shape index (κ2) is 6.80. The number of halogens is 3. The first-order valence-corrected chi connectivity index (χ1v) is 6.98. The SMILES string of the molecule is COc1cc(-c2nc(C(F)(F)F)cc(C(C)C)c2N=C=O)ccn1. The zero-order valence-electron chi connectivity index (χ0n) is 13.2. The number of hydrogen-bond acceptors (Lipinski definition) is 5. The van der Waals surface area contributed by atoms with Crippen LogP contribution in [-0.2, 0) is 11.0 Å². The van der Waals surface area contributed by atoms with Crippen molar-refractivity contribution < 1.29 is 22.7 Å². The second-order valence-corrected chi connectivity index (χ2v) is 5.24. The van der Waals surface area contributed by atoms with E-state index < -0.39 is 11.9 Å². The maximum atomic E-state index is 13.2. The van der Waals surface area contributed by atoms with Gasteiger partial charge in [0.15, 0.2) is 0 Å². The van der Waals surface area contributed by atoms with Gasteiger partial charge in [-0.05, 0) is 23.6 Å². The van der Waals surface area contributed by atoms with Crippen molar-refractivity contribution in [3.8, 4) is 17.1 Å². The summed E-state index contributed by atoms with van der Waals surface area (Å²) in [5.41, 5.74) is -0.504. The molecule has 0 saturated heterocycles. The van der Waals surface area contributed by atoms with Crippen LogP contribution in [0.2, 0.25) is 0 Å². The van der Waals surface area contributed by atoms with Gasteiger partial charge in [0.2, 0.25) is 12.0 Å². The van der Waals surface area contributed by atoms with E-state index in [1.54, 1.807) is 13.8 Å². The molecule has 2 rings (SSSR count). The van der Waals surface area contributed by atoms with E-state index in [2.05, 4.69) is 15.0 Å². The van der Waals surface area contributed by atoms with Crippen molar-refractivity contribution >= 4 is 11.8 Å². The average Bonchev–Trinajstić information content (AvgIpc) is 2.54. The molecule has 0 spiro atoms. The molecule has 0 radical (unpaired) electrons. The van der Waals surface area contributed by atoms with Crippen molar-refractivity contribution in [2.75, 3.05) is 7.11 Å². The van der Waals surface area contributed by atoms with Crippen LogP contribution in [0.4, 0.5) is 18.9 Å². The summed E-state index contributed by atoms with van der Waals surface area (Å²) in [6.07, 6.45) is -1.87. The number of aromatic nitrogens is 2. The predicted octanol–water partition coefficient (Wildman–Crippen LogP) is 4.26. The minimum Gasteiger partial charge on any atom is -0.481 e. The zero-order chi connectivity index (χ0) is 17.9. The number of pyridine rings is 2. The number of rotatable bonds is 4. The topological polar surface area (TPSA) is 64.4 Å². The molecule has 0 saturated carbocycles. The first-order chi connectivity index (χ1) is 11.3. The van der Waals surface area contributed by atoms with Crippen molar-refractivity contribution in [2.24, 2.45) is 4.99 Å². The molecule has 2 aromatic rings. The minimum atomic E-state index is -4.63. The van der Waals surface area contributed by atoms with Gasteiger partial charge in [-0.25, -0.2) is 14.8 Å². The first-order valence-electron chi connectivity index (χ1n) is 6.98. The Morgan fingerprint density at radius 1 is 1.29 bits per heavy atom. The lowest BCUT2D eigenvalue weighted by molar-refractivity contribution is -0.141. The van der Waals surface area contributed by atoms with Gasteiger partial charge in [-0.1, -0.05) is 13.8 Å². The van der Waals surface area contributed by atoms with E-state index >= 15 is 0 Å². The van der Waals surface area contributed by atoms with Gasteiger partial charge < -0.3 is 4.74 Å².